The highest BCUT2D eigenvalue weighted by molar-refractivity contribution is 7.89. The Hall–Kier alpha value is -1.82. The van der Waals surface area contributed by atoms with Gasteiger partial charge in [-0.15, -0.1) is 4.40 Å². The lowest BCUT2D eigenvalue weighted by atomic mass is 9.99. The van der Waals surface area contributed by atoms with Gasteiger partial charge in [0.1, 0.15) is 11.6 Å². The fraction of sp³-hybridized carbons (Fsp3) is 0.250. The summed E-state index contributed by atoms with van der Waals surface area (Å²) in [6.45, 7) is 0.647. The molecule has 1 aromatic carbocycles. The number of sulfonamides is 1. The molecule has 0 saturated carbocycles. The Balaban J connectivity index is 2.21. The molecule has 0 aliphatic carbocycles. The molecule has 0 aromatic heterocycles. The lowest BCUT2D eigenvalue weighted by Crippen LogP contribution is -2.25. The second-order valence-corrected chi connectivity index (χ2v) is 5.88. The van der Waals surface area contributed by atoms with E-state index < -0.39 is 10.0 Å². The van der Waals surface area contributed by atoms with Gasteiger partial charge in [-0.25, -0.2) is 8.42 Å². The van der Waals surface area contributed by atoms with Gasteiger partial charge in [0.25, 0.3) is 10.0 Å². The largest absolute Gasteiger partial charge is 0.493 e. The highest BCUT2D eigenvalue weighted by Crippen LogP contribution is 2.30. The van der Waals surface area contributed by atoms with E-state index in [-0.39, 0.29) is 11.6 Å². The molecule has 94 valence electrons. The van der Waals surface area contributed by atoms with Gasteiger partial charge in [-0.05, 0) is 11.6 Å². The molecule has 0 unspecified atom stereocenters. The average molecular weight is 264 g/mol. The summed E-state index contributed by atoms with van der Waals surface area (Å²) < 4.78 is 32.2. The smallest absolute Gasteiger partial charge is 0.259 e. The number of hydrogen-bond donors (Lipinski definition) is 1. The third-order valence-corrected chi connectivity index (χ3v) is 4.10. The maximum Gasteiger partial charge on any atom is 0.259 e. The van der Waals surface area contributed by atoms with Crippen molar-refractivity contribution in [2.24, 2.45) is 10.1 Å². The first kappa shape index (κ1) is 11.3. The molecule has 2 aliphatic heterocycles. The molecular formula is C12H12N2O3S. The van der Waals surface area contributed by atoms with Crippen molar-refractivity contribution in [1.82, 2.24) is 0 Å². The van der Waals surface area contributed by atoms with Crippen molar-refractivity contribution >= 4 is 21.6 Å². The van der Waals surface area contributed by atoms with Crippen LogP contribution in [0.5, 0.6) is 0 Å². The lowest BCUT2D eigenvalue weighted by Gasteiger charge is -2.18. The van der Waals surface area contributed by atoms with Gasteiger partial charge in [-0.1, -0.05) is 18.2 Å². The fourth-order valence-electron chi connectivity index (χ4n) is 2.26. The highest BCUT2D eigenvalue weighted by Gasteiger charge is 2.26. The van der Waals surface area contributed by atoms with E-state index in [1.165, 1.54) is 0 Å². The molecule has 1 aromatic rings. The predicted octanol–water partition coefficient (Wildman–Crippen LogP) is 0.997. The van der Waals surface area contributed by atoms with E-state index in [9.17, 15) is 8.42 Å². The molecule has 0 bridgehead atoms. The van der Waals surface area contributed by atoms with Crippen molar-refractivity contribution in [2.75, 3.05) is 6.61 Å². The SMILES string of the molecule is NC1=NS(=O)(=O)Cc2cccc(C3=CCCO3)c21. The Bertz CT molecular complexity index is 675. The first-order valence-corrected chi connectivity index (χ1v) is 7.21. The van der Waals surface area contributed by atoms with Crippen LogP contribution < -0.4 is 5.73 Å². The first-order valence-electron chi connectivity index (χ1n) is 5.60. The normalized spacial score (nSPS) is 20.7. The second-order valence-electron chi connectivity index (χ2n) is 4.25. The molecule has 2 heterocycles. The third-order valence-electron chi connectivity index (χ3n) is 2.95. The number of rotatable bonds is 1. The first-order chi connectivity index (χ1) is 8.57. The van der Waals surface area contributed by atoms with Crippen LogP contribution >= 0.6 is 0 Å². The predicted molar refractivity (Wildman–Crippen MR) is 68.3 cm³/mol. The van der Waals surface area contributed by atoms with Crippen molar-refractivity contribution in [3.05, 3.63) is 41.0 Å². The van der Waals surface area contributed by atoms with Gasteiger partial charge in [0, 0.05) is 17.5 Å². The Morgan fingerprint density at radius 2 is 2.17 bits per heavy atom. The van der Waals surface area contributed by atoms with Gasteiger partial charge in [0.2, 0.25) is 0 Å². The quantitative estimate of drug-likeness (QED) is 0.820. The summed E-state index contributed by atoms with van der Waals surface area (Å²) in [7, 11) is -3.48. The van der Waals surface area contributed by atoms with Gasteiger partial charge in [-0.2, -0.15) is 0 Å². The van der Waals surface area contributed by atoms with Crippen LogP contribution in [0.1, 0.15) is 23.1 Å². The average Bonchev–Trinajstić information content (AvgIpc) is 2.79. The van der Waals surface area contributed by atoms with Crippen LogP contribution in [0, 0.1) is 0 Å². The molecule has 0 saturated heterocycles. The number of hydrogen-bond acceptors (Lipinski definition) is 4. The van der Waals surface area contributed by atoms with Gasteiger partial charge < -0.3 is 10.5 Å². The van der Waals surface area contributed by atoms with Crippen molar-refractivity contribution < 1.29 is 13.2 Å². The van der Waals surface area contributed by atoms with E-state index in [0.29, 0.717) is 17.7 Å². The zero-order chi connectivity index (χ0) is 12.8. The number of fused-ring (bicyclic) bond motifs is 1. The summed E-state index contributed by atoms with van der Waals surface area (Å²) in [6, 6.07) is 5.44. The van der Waals surface area contributed by atoms with E-state index in [0.717, 1.165) is 17.7 Å². The summed E-state index contributed by atoms with van der Waals surface area (Å²) in [6.07, 6.45) is 2.83. The Labute approximate surface area is 105 Å². The minimum Gasteiger partial charge on any atom is -0.493 e. The van der Waals surface area contributed by atoms with Gasteiger partial charge in [0.05, 0.1) is 12.4 Å². The van der Waals surface area contributed by atoms with Crippen LogP contribution in [0.2, 0.25) is 0 Å². The van der Waals surface area contributed by atoms with Gasteiger partial charge >= 0.3 is 0 Å². The maximum absolute atomic E-state index is 11.5. The molecule has 0 fully saturated rings. The summed E-state index contributed by atoms with van der Waals surface area (Å²) in [5.41, 5.74) is 7.96. The van der Waals surface area contributed by atoms with Crippen LogP contribution in [0.3, 0.4) is 0 Å². The van der Waals surface area contributed by atoms with E-state index in [2.05, 4.69) is 4.40 Å². The summed E-state index contributed by atoms with van der Waals surface area (Å²) >= 11 is 0. The van der Waals surface area contributed by atoms with Crippen LogP contribution in [0.15, 0.2) is 28.7 Å². The molecular weight excluding hydrogens is 252 g/mol. The van der Waals surface area contributed by atoms with Crippen LogP contribution in [-0.4, -0.2) is 20.9 Å². The minimum atomic E-state index is -3.48. The van der Waals surface area contributed by atoms with E-state index in [1.807, 2.05) is 18.2 Å². The number of amidine groups is 1. The van der Waals surface area contributed by atoms with Crippen LogP contribution in [0.4, 0.5) is 0 Å². The molecule has 0 atom stereocenters. The summed E-state index contributed by atoms with van der Waals surface area (Å²) in [4.78, 5) is 0. The van der Waals surface area contributed by atoms with Crippen molar-refractivity contribution in [2.45, 2.75) is 12.2 Å². The maximum atomic E-state index is 11.5. The molecule has 0 amide bonds. The molecule has 2 N–H and O–H groups in total. The minimum absolute atomic E-state index is 0.0447. The molecule has 18 heavy (non-hydrogen) atoms. The number of nitrogens with zero attached hydrogens (tertiary/aromatic N) is 1. The van der Waals surface area contributed by atoms with E-state index >= 15 is 0 Å². The van der Waals surface area contributed by atoms with Crippen LogP contribution in [0.25, 0.3) is 5.76 Å². The summed E-state index contributed by atoms with van der Waals surface area (Å²) in [5.74, 6) is 0.692. The van der Waals surface area contributed by atoms with Crippen molar-refractivity contribution in [3.63, 3.8) is 0 Å². The molecule has 0 spiro atoms. The highest BCUT2D eigenvalue weighted by atomic mass is 32.2. The standard InChI is InChI=1S/C12H12N2O3S/c13-12-11-8(7-18(15,16)14-12)3-1-4-9(11)10-5-2-6-17-10/h1,3-5H,2,6-7H2,(H2,13,14). The molecule has 6 heteroatoms. The van der Waals surface area contributed by atoms with Gasteiger partial charge in [0.15, 0.2) is 0 Å². The van der Waals surface area contributed by atoms with Crippen LogP contribution in [-0.2, 0) is 20.5 Å². The van der Waals surface area contributed by atoms with E-state index in [1.54, 1.807) is 6.07 Å². The molecule has 0 radical (unpaired) electrons. The zero-order valence-corrected chi connectivity index (χ0v) is 10.4. The molecule has 3 rings (SSSR count). The second kappa shape index (κ2) is 3.84. The van der Waals surface area contributed by atoms with Gasteiger partial charge in [-0.3, -0.25) is 0 Å². The number of nitrogens with two attached hydrogens (primary N) is 1. The fourth-order valence-corrected chi connectivity index (χ4v) is 3.35. The molecule has 5 nitrogen and oxygen atoms in total. The van der Waals surface area contributed by atoms with E-state index in [4.69, 9.17) is 10.5 Å². The van der Waals surface area contributed by atoms with Crippen molar-refractivity contribution in [1.29, 1.82) is 0 Å². The Morgan fingerprint density at radius 1 is 1.33 bits per heavy atom. The third kappa shape index (κ3) is 1.78. The molecule has 2 aliphatic rings. The number of benzene rings is 1. The monoisotopic (exact) mass is 264 g/mol. The zero-order valence-electron chi connectivity index (χ0n) is 9.59. The Kier molecular flexibility index (Phi) is 2.41. The lowest BCUT2D eigenvalue weighted by molar-refractivity contribution is 0.307. The summed E-state index contributed by atoms with van der Waals surface area (Å²) in [5, 5.41) is 0. The van der Waals surface area contributed by atoms with Crippen molar-refractivity contribution in [3.8, 4) is 0 Å². The topological polar surface area (TPSA) is 81.8 Å². The number of ether oxygens (including phenoxy) is 1. The Morgan fingerprint density at radius 3 is 2.89 bits per heavy atom.